The van der Waals surface area contributed by atoms with Crippen molar-refractivity contribution in [2.45, 2.75) is 95.9 Å². The molecule has 4 amide bonds. The normalized spacial score (nSPS) is 17.0. The highest BCUT2D eigenvalue weighted by Crippen LogP contribution is 2.29. The Kier molecular flexibility index (Phi) is 14.2. The molecule has 282 valence electrons. The van der Waals surface area contributed by atoms with Crippen LogP contribution in [-0.2, 0) is 35.1 Å². The van der Waals surface area contributed by atoms with Crippen LogP contribution in [0.2, 0.25) is 0 Å². The van der Waals surface area contributed by atoms with E-state index in [-0.39, 0.29) is 13.0 Å². The molecule has 0 aliphatic carbocycles. The van der Waals surface area contributed by atoms with Crippen LogP contribution in [0.15, 0.2) is 60.8 Å². The van der Waals surface area contributed by atoms with Crippen LogP contribution >= 0.6 is 0 Å². The van der Waals surface area contributed by atoms with Crippen molar-refractivity contribution >= 4 is 40.7 Å². The van der Waals surface area contributed by atoms with Gasteiger partial charge in [0.05, 0.1) is 13.0 Å². The molecule has 1 fully saturated rings. The number of hydrogen-bond donors (Lipinski definition) is 5. The average molecular weight is 719 g/mol. The number of likely N-dealkylation sites (tertiary alicyclic amines) is 1. The maximum atomic E-state index is 14.2. The molecule has 3 aromatic rings. The third-order valence-electron chi connectivity index (χ3n) is 9.29. The summed E-state index contributed by atoms with van der Waals surface area (Å²) in [4.78, 5) is 72.3. The van der Waals surface area contributed by atoms with Gasteiger partial charge in [0.25, 0.3) is 0 Å². The molecule has 0 spiro atoms. The number of ether oxygens (including phenoxy) is 2. The van der Waals surface area contributed by atoms with Gasteiger partial charge in [-0.1, -0.05) is 55.5 Å². The van der Waals surface area contributed by atoms with E-state index in [4.69, 9.17) is 15.2 Å². The van der Waals surface area contributed by atoms with Crippen molar-refractivity contribution in [1.29, 1.82) is 0 Å². The molecular formula is C39H54N6O7. The lowest BCUT2D eigenvalue weighted by atomic mass is 9.90. The van der Waals surface area contributed by atoms with Gasteiger partial charge in [-0.15, -0.1) is 0 Å². The van der Waals surface area contributed by atoms with Crippen molar-refractivity contribution in [2.75, 3.05) is 26.7 Å². The maximum absolute atomic E-state index is 14.2. The number of aromatic amines is 1. The number of esters is 2. The monoisotopic (exact) mass is 718 g/mol. The minimum atomic E-state index is -1.06. The Hall–Kier alpha value is -4.91. The lowest BCUT2D eigenvalue weighted by molar-refractivity contribution is -0.159. The number of nitrogens with one attached hydrogen (secondary N) is 4. The molecule has 2 unspecified atom stereocenters. The molecule has 1 aromatic heterocycles. The van der Waals surface area contributed by atoms with E-state index >= 15 is 0 Å². The van der Waals surface area contributed by atoms with E-state index < -0.39 is 65.3 Å². The third kappa shape index (κ3) is 11.0. The number of para-hydroxylation sites is 1. The van der Waals surface area contributed by atoms with Crippen LogP contribution in [0, 0.1) is 5.92 Å². The Morgan fingerprint density at radius 1 is 0.942 bits per heavy atom. The van der Waals surface area contributed by atoms with E-state index in [0.717, 1.165) is 22.0 Å². The number of benzene rings is 2. The standard InChI is InChI=1S/C39H54N6O7/c1-25(29-23-41-30-18-10-9-17-28(29)30)33(35(47)42-31(19-11-12-20-40)37(49)52-39(2,3)4)44-34(46)27-16-13-21-45(24-27)38(50)43-32(36(48)51-5)22-26-14-7-6-8-15-26/h6-10,14-15,17-18,23,25,27,31-33,41H,11-13,16,19-22,24,40H2,1-5H3,(H,42,47)(H,43,50)(H,44,46)/t25-,27?,31-,32-,33?/m0/s1. The quantitative estimate of drug-likeness (QED) is 0.116. The van der Waals surface area contributed by atoms with Gasteiger partial charge in [0.1, 0.15) is 23.7 Å². The highest BCUT2D eigenvalue weighted by molar-refractivity contribution is 5.93. The first-order chi connectivity index (χ1) is 24.8. The molecule has 5 atom stereocenters. The van der Waals surface area contributed by atoms with Crippen molar-refractivity contribution < 1.29 is 33.4 Å². The van der Waals surface area contributed by atoms with Gasteiger partial charge in [0, 0.05) is 42.5 Å². The van der Waals surface area contributed by atoms with Gasteiger partial charge in [0.15, 0.2) is 0 Å². The summed E-state index contributed by atoms with van der Waals surface area (Å²) in [7, 11) is 1.27. The van der Waals surface area contributed by atoms with Crippen molar-refractivity contribution in [3.05, 3.63) is 71.9 Å². The van der Waals surface area contributed by atoms with E-state index in [1.54, 1.807) is 20.8 Å². The average Bonchev–Trinajstić information content (AvgIpc) is 3.56. The van der Waals surface area contributed by atoms with E-state index in [2.05, 4.69) is 20.9 Å². The summed E-state index contributed by atoms with van der Waals surface area (Å²) in [6.07, 6.45) is 4.70. The number of nitrogens with two attached hydrogens (primary N) is 1. The number of amides is 4. The van der Waals surface area contributed by atoms with Crippen LogP contribution in [0.1, 0.15) is 76.8 Å². The van der Waals surface area contributed by atoms with E-state index in [1.807, 2.05) is 67.7 Å². The molecule has 13 nitrogen and oxygen atoms in total. The summed E-state index contributed by atoms with van der Waals surface area (Å²) >= 11 is 0. The second-order valence-corrected chi connectivity index (χ2v) is 14.4. The Balaban J connectivity index is 1.53. The van der Waals surface area contributed by atoms with Gasteiger partial charge in [-0.05, 0) is 76.6 Å². The molecule has 4 rings (SSSR count). The first-order valence-corrected chi connectivity index (χ1v) is 18.1. The zero-order chi connectivity index (χ0) is 37.8. The number of hydrogen-bond acceptors (Lipinski definition) is 8. The lowest BCUT2D eigenvalue weighted by Gasteiger charge is -2.34. The second kappa shape index (κ2) is 18.5. The molecule has 1 saturated heterocycles. The summed E-state index contributed by atoms with van der Waals surface area (Å²) < 4.78 is 10.6. The van der Waals surface area contributed by atoms with E-state index in [9.17, 15) is 24.0 Å². The van der Waals surface area contributed by atoms with Crippen LogP contribution in [0.4, 0.5) is 4.79 Å². The SMILES string of the molecule is COC(=O)[C@H](Cc1ccccc1)NC(=O)N1CCCC(C(=O)NC(C(=O)N[C@@H](CCCCN)C(=O)OC(C)(C)C)[C@@H](C)c2c[nH]c3ccccc23)C1. The molecule has 52 heavy (non-hydrogen) atoms. The Morgan fingerprint density at radius 3 is 2.35 bits per heavy atom. The number of nitrogens with zero attached hydrogens (tertiary/aromatic N) is 1. The third-order valence-corrected chi connectivity index (χ3v) is 9.29. The summed E-state index contributed by atoms with van der Waals surface area (Å²) in [6, 6.07) is 13.6. The number of H-pyrrole nitrogens is 1. The minimum absolute atomic E-state index is 0.0896. The fourth-order valence-corrected chi connectivity index (χ4v) is 6.52. The zero-order valence-corrected chi connectivity index (χ0v) is 30.9. The summed E-state index contributed by atoms with van der Waals surface area (Å²) in [6.45, 7) is 8.07. The first kappa shape index (κ1) is 39.9. The van der Waals surface area contributed by atoms with Crippen LogP contribution in [0.3, 0.4) is 0 Å². The molecule has 0 bridgehead atoms. The van der Waals surface area contributed by atoms with Gasteiger partial charge in [-0.25, -0.2) is 14.4 Å². The van der Waals surface area contributed by atoms with E-state index in [1.165, 1.54) is 12.0 Å². The number of carbonyl (C=O) groups excluding carboxylic acids is 5. The molecule has 2 heterocycles. The van der Waals surface area contributed by atoms with E-state index in [0.29, 0.717) is 45.2 Å². The van der Waals surface area contributed by atoms with Gasteiger partial charge >= 0.3 is 18.0 Å². The summed E-state index contributed by atoms with van der Waals surface area (Å²) in [5.74, 6) is -3.19. The van der Waals surface area contributed by atoms with Crippen molar-refractivity contribution in [2.24, 2.45) is 11.7 Å². The number of fused-ring (bicyclic) bond motifs is 1. The van der Waals surface area contributed by atoms with Crippen LogP contribution in [-0.4, -0.2) is 90.1 Å². The molecule has 0 saturated carbocycles. The van der Waals surface area contributed by atoms with Crippen molar-refractivity contribution in [3.63, 3.8) is 0 Å². The molecule has 2 aromatic carbocycles. The topological polar surface area (TPSA) is 185 Å². The van der Waals surface area contributed by atoms with Crippen LogP contribution in [0.5, 0.6) is 0 Å². The highest BCUT2D eigenvalue weighted by atomic mass is 16.6. The van der Waals surface area contributed by atoms with Gasteiger partial charge in [-0.2, -0.15) is 0 Å². The Bertz CT molecular complexity index is 1670. The fourth-order valence-electron chi connectivity index (χ4n) is 6.52. The van der Waals surface area contributed by atoms with Crippen LogP contribution in [0.25, 0.3) is 10.9 Å². The Labute approximate surface area is 305 Å². The first-order valence-electron chi connectivity index (χ1n) is 18.1. The summed E-state index contributed by atoms with van der Waals surface area (Å²) in [5, 5.41) is 9.57. The highest BCUT2D eigenvalue weighted by Gasteiger charge is 2.37. The molecule has 13 heteroatoms. The van der Waals surface area contributed by atoms with Gasteiger partial charge < -0.3 is 41.0 Å². The van der Waals surface area contributed by atoms with Crippen molar-refractivity contribution in [3.8, 4) is 0 Å². The van der Waals surface area contributed by atoms with Crippen molar-refractivity contribution in [1.82, 2.24) is 25.8 Å². The molecule has 6 N–H and O–H groups in total. The lowest BCUT2D eigenvalue weighted by Crippen LogP contribution is -2.57. The second-order valence-electron chi connectivity index (χ2n) is 14.4. The smallest absolute Gasteiger partial charge is 0.329 e. The number of rotatable bonds is 15. The number of methoxy groups -OCH3 is 1. The predicted molar refractivity (Wildman–Crippen MR) is 198 cm³/mol. The Morgan fingerprint density at radius 2 is 1.65 bits per heavy atom. The number of carbonyl (C=O) groups is 5. The number of urea groups is 1. The zero-order valence-electron chi connectivity index (χ0n) is 30.9. The molecule has 1 aliphatic rings. The maximum Gasteiger partial charge on any atom is 0.329 e. The number of piperidine rings is 1. The largest absolute Gasteiger partial charge is 0.467 e. The number of aromatic nitrogens is 1. The molecule has 1 aliphatic heterocycles. The number of unbranched alkanes of at least 4 members (excludes halogenated alkanes) is 1. The minimum Gasteiger partial charge on any atom is -0.467 e. The molecular weight excluding hydrogens is 664 g/mol. The molecule has 0 radical (unpaired) electrons. The van der Waals surface area contributed by atoms with Crippen LogP contribution < -0.4 is 21.7 Å². The summed E-state index contributed by atoms with van der Waals surface area (Å²) in [5.41, 5.74) is 7.50. The predicted octanol–water partition coefficient (Wildman–Crippen LogP) is 3.92. The van der Waals surface area contributed by atoms with Gasteiger partial charge in [0.2, 0.25) is 11.8 Å². The fraction of sp³-hybridized carbons (Fsp3) is 0.513. The van der Waals surface area contributed by atoms with Gasteiger partial charge in [-0.3, -0.25) is 9.59 Å².